The average Bonchev–Trinajstić information content (AvgIpc) is 2.18. The lowest BCUT2D eigenvalue weighted by Crippen LogP contribution is -2.27. The molecule has 0 heterocycles. The van der Waals surface area contributed by atoms with E-state index in [1.54, 1.807) is 6.92 Å². The molecule has 0 aromatic heterocycles. The Labute approximate surface area is 83.2 Å². The number of rotatable bonds is 3. The fourth-order valence-electron chi connectivity index (χ4n) is 1.70. The molecule has 1 aliphatic carbocycles. The van der Waals surface area contributed by atoms with Gasteiger partial charge in [0, 0.05) is 6.42 Å². The lowest BCUT2D eigenvalue weighted by atomic mass is 9.87. The molecule has 0 amide bonds. The van der Waals surface area contributed by atoms with Crippen LogP contribution < -0.4 is 0 Å². The number of hydrogen-bond donors (Lipinski definition) is 1. The molecule has 0 unspecified atom stereocenters. The Morgan fingerprint density at radius 2 is 1.86 bits per heavy atom. The second-order valence-electron chi connectivity index (χ2n) is 3.66. The normalized spacial score (nSPS) is 26.9. The largest absolute Gasteiger partial charge is 0.481 e. The summed E-state index contributed by atoms with van der Waals surface area (Å²) >= 11 is 0. The third-order valence-electron chi connectivity index (χ3n) is 2.61. The summed E-state index contributed by atoms with van der Waals surface area (Å²) in [6.45, 7) is 1.76. The molecule has 4 heteroatoms. The third kappa shape index (κ3) is 3.01. The molecular formula is C10H16O4. The fraction of sp³-hybridized carbons (Fsp3) is 0.800. The second-order valence-corrected chi connectivity index (χ2v) is 3.66. The number of carboxylic acid groups (broad SMARTS) is 1. The zero-order valence-corrected chi connectivity index (χ0v) is 8.36. The molecule has 0 aromatic carbocycles. The monoisotopic (exact) mass is 200 g/mol. The molecule has 1 fully saturated rings. The zero-order valence-electron chi connectivity index (χ0n) is 8.36. The SMILES string of the molecule is CCC(=O)OC1CCC(C(=O)O)CC1. The van der Waals surface area contributed by atoms with E-state index < -0.39 is 5.97 Å². The van der Waals surface area contributed by atoms with Gasteiger partial charge in [-0.25, -0.2) is 0 Å². The predicted octanol–water partition coefficient (Wildman–Crippen LogP) is 1.58. The van der Waals surface area contributed by atoms with Gasteiger partial charge in [0.05, 0.1) is 5.92 Å². The first-order chi connectivity index (χ1) is 6.63. The topological polar surface area (TPSA) is 63.6 Å². The Balaban J connectivity index is 2.29. The van der Waals surface area contributed by atoms with Gasteiger partial charge < -0.3 is 9.84 Å². The van der Waals surface area contributed by atoms with E-state index in [2.05, 4.69) is 0 Å². The van der Waals surface area contributed by atoms with Gasteiger partial charge >= 0.3 is 11.9 Å². The predicted molar refractivity (Wildman–Crippen MR) is 49.8 cm³/mol. The maximum Gasteiger partial charge on any atom is 0.306 e. The Morgan fingerprint density at radius 1 is 1.29 bits per heavy atom. The number of esters is 1. The Kier molecular flexibility index (Phi) is 3.92. The van der Waals surface area contributed by atoms with Gasteiger partial charge in [-0.3, -0.25) is 9.59 Å². The van der Waals surface area contributed by atoms with Crippen molar-refractivity contribution < 1.29 is 19.4 Å². The summed E-state index contributed by atoms with van der Waals surface area (Å²) in [7, 11) is 0. The van der Waals surface area contributed by atoms with E-state index in [0.29, 0.717) is 32.1 Å². The first-order valence-electron chi connectivity index (χ1n) is 5.05. The summed E-state index contributed by atoms with van der Waals surface area (Å²) in [5, 5.41) is 8.74. The molecule has 0 radical (unpaired) electrons. The standard InChI is InChI=1S/C10H16O4/c1-2-9(11)14-8-5-3-7(4-6-8)10(12)13/h7-8H,2-6H2,1H3,(H,12,13). The minimum Gasteiger partial charge on any atom is -0.481 e. The summed E-state index contributed by atoms with van der Waals surface area (Å²) in [6.07, 6.45) is 2.94. The molecule has 0 aliphatic heterocycles. The number of ether oxygens (including phenoxy) is 1. The number of carboxylic acids is 1. The highest BCUT2D eigenvalue weighted by atomic mass is 16.5. The highest BCUT2D eigenvalue weighted by molar-refractivity contribution is 5.70. The fourth-order valence-corrected chi connectivity index (χ4v) is 1.70. The van der Waals surface area contributed by atoms with Gasteiger partial charge in [0.25, 0.3) is 0 Å². The molecule has 80 valence electrons. The van der Waals surface area contributed by atoms with E-state index in [9.17, 15) is 9.59 Å². The van der Waals surface area contributed by atoms with Gasteiger partial charge in [-0.15, -0.1) is 0 Å². The molecule has 0 bridgehead atoms. The Morgan fingerprint density at radius 3 is 2.29 bits per heavy atom. The van der Waals surface area contributed by atoms with Gasteiger partial charge in [-0.1, -0.05) is 6.92 Å². The molecule has 0 atom stereocenters. The summed E-state index contributed by atoms with van der Waals surface area (Å²) < 4.78 is 5.14. The van der Waals surface area contributed by atoms with Crippen LogP contribution in [-0.2, 0) is 14.3 Å². The quantitative estimate of drug-likeness (QED) is 0.702. The lowest BCUT2D eigenvalue weighted by Gasteiger charge is -2.25. The number of aliphatic carboxylic acids is 1. The van der Waals surface area contributed by atoms with Crippen LogP contribution >= 0.6 is 0 Å². The van der Waals surface area contributed by atoms with Crippen LogP contribution in [0, 0.1) is 5.92 Å². The molecule has 1 saturated carbocycles. The first-order valence-corrected chi connectivity index (χ1v) is 5.05. The zero-order chi connectivity index (χ0) is 10.6. The summed E-state index contributed by atoms with van der Waals surface area (Å²) in [4.78, 5) is 21.6. The van der Waals surface area contributed by atoms with Gasteiger partial charge in [0.2, 0.25) is 0 Å². The maximum atomic E-state index is 11.0. The van der Waals surface area contributed by atoms with Crippen LogP contribution in [0.4, 0.5) is 0 Å². The van der Waals surface area contributed by atoms with Crippen LogP contribution in [0.15, 0.2) is 0 Å². The molecule has 4 nitrogen and oxygen atoms in total. The minimum absolute atomic E-state index is 0.0574. The number of hydrogen-bond acceptors (Lipinski definition) is 3. The van der Waals surface area contributed by atoms with Crippen LogP contribution in [0.3, 0.4) is 0 Å². The van der Waals surface area contributed by atoms with Crippen molar-refractivity contribution >= 4 is 11.9 Å². The molecule has 1 aliphatic rings. The molecule has 0 aromatic rings. The van der Waals surface area contributed by atoms with Gasteiger partial charge in [0.1, 0.15) is 6.10 Å². The summed E-state index contributed by atoms with van der Waals surface area (Å²) in [6, 6.07) is 0. The van der Waals surface area contributed by atoms with Crippen LogP contribution in [-0.4, -0.2) is 23.1 Å². The maximum absolute atomic E-state index is 11.0. The van der Waals surface area contributed by atoms with Crippen molar-refractivity contribution in [1.29, 1.82) is 0 Å². The van der Waals surface area contributed by atoms with Gasteiger partial charge in [-0.05, 0) is 25.7 Å². The third-order valence-corrected chi connectivity index (χ3v) is 2.61. The smallest absolute Gasteiger partial charge is 0.306 e. The van der Waals surface area contributed by atoms with E-state index in [0.717, 1.165) is 0 Å². The van der Waals surface area contributed by atoms with Crippen molar-refractivity contribution in [1.82, 2.24) is 0 Å². The van der Waals surface area contributed by atoms with Crippen LogP contribution in [0.2, 0.25) is 0 Å². The van der Waals surface area contributed by atoms with Crippen LogP contribution in [0.25, 0.3) is 0 Å². The minimum atomic E-state index is -0.731. The second kappa shape index (κ2) is 4.98. The van der Waals surface area contributed by atoms with Crippen molar-refractivity contribution in [3.8, 4) is 0 Å². The number of carbonyl (C=O) groups excluding carboxylic acids is 1. The first kappa shape index (κ1) is 11.0. The molecule has 0 spiro atoms. The Bertz CT molecular complexity index is 216. The van der Waals surface area contributed by atoms with Crippen LogP contribution in [0.1, 0.15) is 39.0 Å². The highest BCUT2D eigenvalue weighted by Gasteiger charge is 2.27. The van der Waals surface area contributed by atoms with Gasteiger partial charge in [-0.2, -0.15) is 0 Å². The van der Waals surface area contributed by atoms with E-state index in [1.165, 1.54) is 0 Å². The average molecular weight is 200 g/mol. The van der Waals surface area contributed by atoms with E-state index in [-0.39, 0.29) is 18.0 Å². The summed E-state index contributed by atoms with van der Waals surface area (Å²) in [5.41, 5.74) is 0. The van der Waals surface area contributed by atoms with E-state index >= 15 is 0 Å². The molecular weight excluding hydrogens is 184 g/mol. The highest BCUT2D eigenvalue weighted by Crippen LogP contribution is 2.26. The van der Waals surface area contributed by atoms with Crippen molar-refractivity contribution in [2.24, 2.45) is 5.92 Å². The number of carbonyl (C=O) groups is 2. The van der Waals surface area contributed by atoms with Crippen molar-refractivity contribution in [3.63, 3.8) is 0 Å². The van der Waals surface area contributed by atoms with Crippen LogP contribution in [0.5, 0.6) is 0 Å². The molecule has 1 rings (SSSR count). The van der Waals surface area contributed by atoms with E-state index in [4.69, 9.17) is 9.84 Å². The molecule has 1 N–H and O–H groups in total. The van der Waals surface area contributed by atoms with E-state index in [1.807, 2.05) is 0 Å². The van der Waals surface area contributed by atoms with Gasteiger partial charge in [0.15, 0.2) is 0 Å². The van der Waals surface area contributed by atoms with Crippen molar-refractivity contribution in [2.45, 2.75) is 45.1 Å². The van der Waals surface area contributed by atoms with Crippen molar-refractivity contribution in [3.05, 3.63) is 0 Å². The Hall–Kier alpha value is -1.06. The molecule has 0 saturated heterocycles. The summed E-state index contributed by atoms with van der Waals surface area (Å²) in [5.74, 6) is -1.17. The molecule has 14 heavy (non-hydrogen) atoms. The van der Waals surface area contributed by atoms with Crippen molar-refractivity contribution in [2.75, 3.05) is 0 Å². The lowest BCUT2D eigenvalue weighted by molar-refractivity contribution is -0.152.